The maximum atomic E-state index is 11.3. The van der Waals surface area contributed by atoms with Gasteiger partial charge in [0.25, 0.3) is 10.0 Å². The normalized spacial score (nSPS) is 12.2. The van der Waals surface area contributed by atoms with Crippen LogP contribution in [0.5, 0.6) is 0 Å². The maximum Gasteiger partial charge on any atom is 0.257 e. The first kappa shape index (κ1) is 10.9. The van der Waals surface area contributed by atoms with Crippen molar-refractivity contribution < 1.29 is 8.42 Å². The zero-order valence-corrected chi connectivity index (χ0v) is 10.3. The third-order valence-electron chi connectivity index (χ3n) is 1.77. The van der Waals surface area contributed by atoms with E-state index in [0.29, 0.717) is 10.1 Å². The van der Waals surface area contributed by atoms with E-state index >= 15 is 0 Å². The van der Waals surface area contributed by atoms with Gasteiger partial charge in [-0.25, -0.2) is 18.5 Å². The van der Waals surface area contributed by atoms with E-state index in [2.05, 4.69) is 20.9 Å². The lowest BCUT2D eigenvalue weighted by Crippen LogP contribution is -2.15. The molecule has 0 radical (unpaired) electrons. The third-order valence-corrected chi connectivity index (χ3v) is 3.54. The van der Waals surface area contributed by atoms with Crippen molar-refractivity contribution in [2.24, 2.45) is 5.14 Å². The van der Waals surface area contributed by atoms with E-state index in [4.69, 9.17) is 16.7 Å². The minimum absolute atomic E-state index is 0.129. The van der Waals surface area contributed by atoms with Crippen molar-refractivity contribution in [3.8, 4) is 0 Å². The zero-order chi connectivity index (χ0) is 11.2. The number of aromatic nitrogens is 2. The van der Waals surface area contributed by atoms with Crippen LogP contribution < -0.4 is 5.14 Å². The number of sulfonamides is 1. The highest BCUT2D eigenvalue weighted by Gasteiger charge is 2.20. The number of imidazole rings is 1. The molecule has 0 spiro atoms. The predicted octanol–water partition coefficient (Wildman–Crippen LogP) is 1.40. The number of primary sulfonamides is 1. The van der Waals surface area contributed by atoms with Crippen LogP contribution >= 0.6 is 27.5 Å². The first-order valence-electron chi connectivity index (χ1n) is 3.75. The van der Waals surface area contributed by atoms with Crippen molar-refractivity contribution in [2.45, 2.75) is 5.03 Å². The molecule has 0 aliphatic rings. The number of nitrogens with zero attached hydrogens (tertiary/aromatic N) is 2. The van der Waals surface area contributed by atoms with E-state index in [9.17, 15) is 8.42 Å². The molecule has 8 heteroatoms. The zero-order valence-electron chi connectivity index (χ0n) is 7.18. The van der Waals surface area contributed by atoms with E-state index < -0.39 is 10.0 Å². The van der Waals surface area contributed by atoms with Crippen LogP contribution in [0.15, 0.2) is 27.8 Å². The van der Waals surface area contributed by atoms with Gasteiger partial charge in [-0.2, -0.15) is 0 Å². The highest BCUT2D eigenvalue weighted by atomic mass is 79.9. The summed E-state index contributed by atoms with van der Waals surface area (Å²) in [5, 5.41) is 4.69. The Morgan fingerprint density at radius 1 is 1.47 bits per heavy atom. The van der Waals surface area contributed by atoms with Crippen LogP contribution in [0.2, 0.25) is 5.15 Å². The van der Waals surface area contributed by atoms with Gasteiger partial charge in [0.15, 0.2) is 10.2 Å². The summed E-state index contributed by atoms with van der Waals surface area (Å²) >= 11 is 8.91. The number of fused-ring (bicyclic) bond motifs is 1. The van der Waals surface area contributed by atoms with Gasteiger partial charge < -0.3 is 0 Å². The van der Waals surface area contributed by atoms with Gasteiger partial charge in [0.1, 0.15) is 5.65 Å². The second kappa shape index (κ2) is 3.44. The fourth-order valence-corrected chi connectivity index (χ4v) is 2.76. The number of halogens is 2. The van der Waals surface area contributed by atoms with E-state index in [-0.39, 0.29) is 10.2 Å². The van der Waals surface area contributed by atoms with Gasteiger partial charge in [-0.3, -0.25) is 4.40 Å². The van der Waals surface area contributed by atoms with Crippen LogP contribution in [0.1, 0.15) is 0 Å². The summed E-state index contributed by atoms with van der Waals surface area (Å²) < 4.78 is 24.5. The molecule has 0 saturated carbocycles. The molecule has 2 heterocycles. The largest absolute Gasteiger partial charge is 0.287 e. The monoisotopic (exact) mass is 309 g/mol. The first-order chi connectivity index (χ1) is 6.89. The minimum atomic E-state index is -3.89. The van der Waals surface area contributed by atoms with Gasteiger partial charge in [0.05, 0.1) is 0 Å². The predicted molar refractivity (Wildman–Crippen MR) is 59.3 cm³/mol. The molecule has 0 aromatic carbocycles. The van der Waals surface area contributed by atoms with Crippen LogP contribution in [0, 0.1) is 0 Å². The van der Waals surface area contributed by atoms with Gasteiger partial charge in [-0.1, -0.05) is 11.6 Å². The summed E-state index contributed by atoms with van der Waals surface area (Å²) in [6.45, 7) is 0. The summed E-state index contributed by atoms with van der Waals surface area (Å²) in [6.07, 6.45) is 1.54. The van der Waals surface area contributed by atoms with Gasteiger partial charge in [-0.15, -0.1) is 0 Å². The smallest absolute Gasteiger partial charge is 0.257 e. The Bertz CT molecular complexity index is 637. The van der Waals surface area contributed by atoms with Crippen LogP contribution in [0.4, 0.5) is 0 Å². The van der Waals surface area contributed by atoms with Gasteiger partial charge in [0, 0.05) is 10.7 Å². The second-order valence-corrected chi connectivity index (χ2v) is 5.58. The Balaban J connectivity index is 2.95. The molecule has 2 aromatic rings. The van der Waals surface area contributed by atoms with E-state index in [1.54, 1.807) is 12.1 Å². The highest BCUT2D eigenvalue weighted by molar-refractivity contribution is 9.10. The molecule has 0 unspecified atom stereocenters. The molecule has 80 valence electrons. The van der Waals surface area contributed by atoms with Crippen molar-refractivity contribution in [3.63, 3.8) is 0 Å². The molecule has 0 aliphatic carbocycles. The first-order valence-corrected chi connectivity index (χ1v) is 6.47. The van der Waals surface area contributed by atoms with Gasteiger partial charge in [-0.05, 0) is 28.1 Å². The highest BCUT2D eigenvalue weighted by Crippen LogP contribution is 2.23. The Labute approximate surface area is 99.0 Å². The van der Waals surface area contributed by atoms with Crippen molar-refractivity contribution in [3.05, 3.63) is 28.0 Å². The lowest BCUT2D eigenvalue weighted by Gasteiger charge is -1.99. The van der Waals surface area contributed by atoms with Gasteiger partial charge in [0.2, 0.25) is 0 Å². The lowest BCUT2D eigenvalue weighted by molar-refractivity contribution is 0.593. The third kappa shape index (κ3) is 1.87. The van der Waals surface area contributed by atoms with E-state index in [0.717, 1.165) is 0 Å². The average molecular weight is 311 g/mol. The SMILES string of the molecule is NS(=O)(=O)c1c(Cl)nc2ccc(Br)cn12. The Morgan fingerprint density at radius 3 is 2.73 bits per heavy atom. The summed E-state index contributed by atoms with van der Waals surface area (Å²) in [4.78, 5) is 3.87. The Morgan fingerprint density at radius 2 is 2.13 bits per heavy atom. The quantitative estimate of drug-likeness (QED) is 0.865. The van der Waals surface area contributed by atoms with Crippen molar-refractivity contribution in [1.29, 1.82) is 0 Å². The molecule has 0 fully saturated rings. The van der Waals surface area contributed by atoms with Crippen molar-refractivity contribution in [2.75, 3.05) is 0 Å². The molecule has 2 rings (SSSR count). The molecule has 0 aliphatic heterocycles. The Kier molecular flexibility index (Phi) is 2.50. The molecule has 2 aromatic heterocycles. The molecule has 15 heavy (non-hydrogen) atoms. The second-order valence-electron chi connectivity index (χ2n) is 2.83. The molecular formula is C7H5BrClN3O2S. The van der Waals surface area contributed by atoms with Crippen LogP contribution in [-0.2, 0) is 10.0 Å². The van der Waals surface area contributed by atoms with E-state index in [1.165, 1.54) is 10.6 Å². The fourth-order valence-electron chi connectivity index (χ4n) is 1.22. The molecule has 0 saturated heterocycles. The minimum Gasteiger partial charge on any atom is -0.287 e. The maximum absolute atomic E-state index is 11.3. The van der Waals surface area contributed by atoms with E-state index in [1.807, 2.05) is 0 Å². The van der Waals surface area contributed by atoms with Gasteiger partial charge >= 0.3 is 0 Å². The topological polar surface area (TPSA) is 77.5 Å². The average Bonchev–Trinajstić information content (AvgIpc) is 2.38. The number of pyridine rings is 1. The van der Waals surface area contributed by atoms with Crippen LogP contribution in [-0.4, -0.2) is 17.8 Å². The summed E-state index contributed by atoms with van der Waals surface area (Å²) in [5.41, 5.74) is 0.423. The molecule has 2 N–H and O–H groups in total. The van der Waals surface area contributed by atoms with Crippen molar-refractivity contribution in [1.82, 2.24) is 9.38 Å². The lowest BCUT2D eigenvalue weighted by atomic mass is 10.5. The van der Waals surface area contributed by atoms with Crippen molar-refractivity contribution >= 4 is 43.2 Å². The molecule has 0 atom stereocenters. The number of nitrogens with two attached hydrogens (primary N) is 1. The molecule has 0 amide bonds. The van der Waals surface area contributed by atoms with Crippen LogP contribution in [0.3, 0.4) is 0 Å². The molecular weight excluding hydrogens is 306 g/mol. The molecule has 5 nitrogen and oxygen atoms in total. The van der Waals surface area contributed by atoms with Crippen LogP contribution in [0.25, 0.3) is 5.65 Å². The number of hydrogen-bond acceptors (Lipinski definition) is 3. The summed E-state index contributed by atoms with van der Waals surface area (Å²) in [5.74, 6) is 0. The Hall–Kier alpha value is -0.630. The fraction of sp³-hybridized carbons (Fsp3) is 0. The summed E-state index contributed by atoms with van der Waals surface area (Å²) in [7, 11) is -3.89. The number of hydrogen-bond donors (Lipinski definition) is 1. The molecule has 0 bridgehead atoms. The standard InChI is InChI=1S/C7H5BrClN3O2S/c8-4-1-2-5-11-6(9)7(12(5)3-4)15(10,13)14/h1-3H,(H2,10,13,14). The summed E-state index contributed by atoms with van der Waals surface area (Å²) in [6, 6.07) is 3.36. The number of rotatable bonds is 1.